The molecule has 2 heteroatoms. The molecule has 88 valence electrons. The largest absolute Gasteiger partial charge is 0.372 e. The maximum absolute atomic E-state index is 5.54. The molecule has 0 radical (unpaired) electrons. The standard InChI is InChI=1S/C14H22N2/c1-11(13-5-6-13)16(2)14-7-3-12(4-8-14)9-10-15/h3-4,7-8,11,13H,5-6,9-10,15H2,1-2H3. The monoisotopic (exact) mass is 218 g/mol. The molecule has 1 aliphatic carbocycles. The molecule has 1 fully saturated rings. The highest BCUT2D eigenvalue weighted by molar-refractivity contribution is 5.48. The number of hydrogen-bond donors (Lipinski definition) is 1. The Labute approximate surface area is 98.4 Å². The van der Waals surface area contributed by atoms with Gasteiger partial charge < -0.3 is 10.6 Å². The van der Waals surface area contributed by atoms with Gasteiger partial charge in [0.25, 0.3) is 0 Å². The summed E-state index contributed by atoms with van der Waals surface area (Å²) in [6.45, 7) is 3.05. The van der Waals surface area contributed by atoms with Crippen molar-refractivity contribution in [3.8, 4) is 0 Å². The molecular formula is C14H22N2. The second-order valence-electron chi connectivity index (χ2n) is 4.89. The summed E-state index contributed by atoms with van der Waals surface area (Å²) in [5.74, 6) is 0.911. The van der Waals surface area contributed by atoms with Crippen molar-refractivity contribution in [2.75, 3.05) is 18.5 Å². The highest BCUT2D eigenvalue weighted by atomic mass is 15.1. The number of hydrogen-bond acceptors (Lipinski definition) is 2. The molecule has 0 bridgehead atoms. The van der Waals surface area contributed by atoms with Crippen LogP contribution in [0, 0.1) is 5.92 Å². The Balaban J connectivity index is 2.02. The van der Waals surface area contributed by atoms with Crippen LogP contribution in [-0.2, 0) is 6.42 Å². The van der Waals surface area contributed by atoms with Crippen molar-refractivity contribution in [1.29, 1.82) is 0 Å². The molecule has 16 heavy (non-hydrogen) atoms. The van der Waals surface area contributed by atoms with Crippen LogP contribution in [0.1, 0.15) is 25.3 Å². The van der Waals surface area contributed by atoms with Crippen LogP contribution in [0.3, 0.4) is 0 Å². The molecule has 2 nitrogen and oxygen atoms in total. The van der Waals surface area contributed by atoms with Crippen molar-refractivity contribution in [2.45, 2.75) is 32.2 Å². The maximum Gasteiger partial charge on any atom is 0.0366 e. The van der Waals surface area contributed by atoms with E-state index in [-0.39, 0.29) is 0 Å². The number of anilines is 1. The number of nitrogens with zero attached hydrogens (tertiary/aromatic N) is 1. The fourth-order valence-electron chi connectivity index (χ4n) is 2.19. The zero-order valence-corrected chi connectivity index (χ0v) is 10.3. The fraction of sp³-hybridized carbons (Fsp3) is 0.571. The van der Waals surface area contributed by atoms with Crippen LogP contribution in [-0.4, -0.2) is 19.6 Å². The average molecular weight is 218 g/mol. The highest BCUT2D eigenvalue weighted by Crippen LogP contribution is 2.36. The van der Waals surface area contributed by atoms with Gasteiger partial charge in [-0.1, -0.05) is 12.1 Å². The lowest BCUT2D eigenvalue weighted by Gasteiger charge is -2.27. The molecule has 0 spiro atoms. The van der Waals surface area contributed by atoms with Gasteiger partial charge in [-0.15, -0.1) is 0 Å². The van der Waals surface area contributed by atoms with E-state index in [0.29, 0.717) is 6.04 Å². The normalized spacial score (nSPS) is 17.2. The predicted molar refractivity (Wildman–Crippen MR) is 69.8 cm³/mol. The van der Waals surface area contributed by atoms with Gasteiger partial charge in [0.2, 0.25) is 0 Å². The molecule has 0 aromatic heterocycles. The molecule has 1 aromatic rings. The van der Waals surface area contributed by atoms with Crippen LogP contribution in [0.15, 0.2) is 24.3 Å². The van der Waals surface area contributed by atoms with Crippen molar-refractivity contribution >= 4 is 5.69 Å². The molecule has 1 aromatic carbocycles. The van der Waals surface area contributed by atoms with Crippen LogP contribution in [0.2, 0.25) is 0 Å². The molecule has 0 heterocycles. The molecule has 2 N–H and O–H groups in total. The topological polar surface area (TPSA) is 29.3 Å². The van der Waals surface area contributed by atoms with Gasteiger partial charge in [-0.05, 0) is 56.3 Å². The van der Waals surface area contributed by atoms with Gasteiger partial charge >= 0.3 is 0 Å². The molecule has 1 atom stereocenters. The summed E-state index contributed by atoms with van der Waals surface area (Å²) < 4.78 is 0. The van der Waals surface area contributed by atoms with E-state index in [4.69, 9.17) is 5.73 Å². The quantitative estimate of drug-likeness (QED) is 0.822. The fourth-order valence-corrected chi connectivity index (χ4v) is 2.19. The van der Waals surface area contributed by atoms with Gasteiger partial charge in [-0.2, -0.15) is 0 Å². The summed E-state index contributed by atoms with van der Waals surface area (Å²) in [7, 11) is 2.20. The van der Waals surface area contributed by atoms with Crippen LogP contribution < -0.4 is 10.6 Å². The minimum absolute atomic E-state index is 0.667. The predicted octanol–water partition coefficient (Wildman–Crippen LogP) is 2.42. The summed E-state index contributed by atoms with van der Waals surface area (Å²) in [5.41, 5.74) is 8.20. The first-order chi connectivity index (χ1) is 7.72. The summed E-state index contributed by atoms with van der Waals surface area (Å²) in [6, 6.07) is 9.48. The van der Waals surface area contributed by atoms with E-state index in [9.17, 15) is 0 Å². The number of nitrogens with two attached hydrogens (primary N) is 1. The molecule has 1 saturated carbocycles. The van der Waals surface area contributed by atoms with E-state index in [1.807, 2.05) is 0 Å². The average Bonchev–Trinajstić information content (AvgIpc) is 3.12. The van der Waals surface area contributed by atoms with Crippen LogP contribution in [0.4, 0.5) is 5.69 Å². The molecule has 2 rings (SSSR count). The molecule has 0 saturated heterocycles. The van der Waals surface area contributed by atoms with Crippen molar-refractivity contribution < 1.29 is 0 Å². The van der Waals surface area contributed by atoms with E-state index in [2.05, 4.69) is 43.1 Å². The lowest BCUT2D eigenvalue weighted by molar-refractivity contribution is 0.609. The third-order valence-electron chi connectivity index (χ3n) is 3.69. The van der Waals surface area contributed by atoms with Gasteiger partial charge in [0.1, 0.15) is 0 Å². The zero-order valence-electron chi connectivity index (χ0n) is 10.3. The van der Waals surface area contributed by atoms with Crippen molar-refractivity contribution in [3.05, 3.63) is 29.8 Å². The van der Waals surface area contributed by atoms with Crippen molar-refractivity contribution in [3.63, 3.8) is 0 Å². The SMILES string of the molecule is CC(C1CC1)N(C)c1ccc(CCN)cc1. The lowest BCUT2D eigenvalue weighted by Crippen LogP contribution is -2.30. The Hall–Kier alpha value is -1.02. The summed E-state index contributed by atoms with van der Waals surface area (Å²) in [4.78, 5) is 2.39. The third kappa shape index (κ3) is 2.56. The van der Waals surface area contributed by atoms with E-state index in [1.165, 1.54) is 24.1 Å². The van der Waals surface area contributed by atoms with E-state index in [0.717, 1.165) is 18.9 Å². The Morgan fingerprint density at radius 1 is 1.31 bits per heavy atom. The highest BCUT2D eigenvalue weighted by Gasteiger charge is 2.30. The van der Waals surface area contributed by atoms with Crippen molar-refractivity contribution in [2.24, 2.45) is 11.7 Å². The number of rotatable bonds is 5. The van der Waals surface area contributed by atoms with Gasteiger partial charge in [-0.3, -0.25) is 0 Å². The summed E-state index contributed by atoms with van der Waals surface area (Å²) in [5, 5.41) is 0. The van der Waals surface area contributed by atoms with Gasteiger partial charge in [-0.25, -0.2) is 0 Å². The molecular weight excluding hydrogens is 196 g/mol. The number of benzene rings is 1. The van der Waals surface area contributed by atoms with Crippen LogP contribution in [0.25, 0.3) is 0 Å². The Morgan fingerprint density at radius 2 is 1.94 bits per heavy atom. The minimum atomic E-state index is 0.667. The maximum atomic E-state index is 5.54. The second kappa shape index (κ2) is 4.88. The van der Waals surface area contributed by atoms with E-state index >= 15 is 0 Å². The third-order valence-corrected chi connectivity index (χ3v) is 3.69. The van der Waals surface area contributed by atoms with Gasteiger partial charge in [0.15, 0.2) is 0 Å². The van der Waals surface area contributed by atoms with E-state index < -0.39 is 0 Å². The Morgan fingerprint density at radius 3 is 2.44 bits per heavy atom. The van der Waals surface area contributed by atoms with Gasteiger partial charge in [0, 0.05) is 18.8 Å². The van der Waals surface area contributed by atoms with Crippen LogP contribution in [0.5, 0.6) is 0 Å². The lowest BCUT2D eigenvalue weighted by atomic mass is 10.1. The smallest absolute Gasteiger partial charge is 0.0366 e. The summed E-state index contributed by atoms with van der Waals surface area (Å²) >= 11 is 0. The summed E-state index contributed by atoms with van der Waals surface area (Å²) in [6.07, 6.45) is 3.77. The molecule has 0 aliphatic heterocycles. The first-order valence-corrected chi connectivity index (χ1v) is 6.24. The Bertz CT molecular complexity index is 327. The molecule has 1 unspecified atom stereocenters. The van der Waals surface area contributed by atoms with E-state index in [1.54, 1.807) is 0 Å². The molecule has 0 amide bonds. The van der Waals surface area contributed by atoms with Crippen molar-refractivity contribution in [1.82, 2.24) is 0 Å². The Kier molecular flexibility index (Phi) is 3.49. The first kappa shape index (κ1) is 11.5. The second-order valence-corrected chi connectivity index (χ2v) is 4.89. The molecule has 1 aliphatic rings. The van der Waals surface area contributed by atoms with Gasteiger partial charge in [0.05, 0.1) is 0 Å². The zero-order chi connectivity index (χ0) is 11.5. The minimum Gasteiger partial charge on any atom is -0.372 e. The first-order valence-electron chi connectivity index (χ1n) is 6.24. The van der Waals surface area contributed by atoms with Crippen LogP contribution >= 0.6 is 0 Å².